The second kappa shape index (κ2) is 66.0. The highest BCUT2D eigenvalue weighted by Crippen LogP contribution is 2.43. The molecule has 0 heterocycles. The number of hydrogen-bond donors (Lipinski definition) is 1. The third-order valence-electron chi connectivity index (χ3n) is 13.3. The van der Waals surface area contributed by atoms with E-state index in [0.29, 0.717) is 23.9 Å². The molecule has 0 aliphatic rings. The first-order valence-corrected chi connectivity index (χ1v) is 35.3. The number of esters is 2. The van der Waals surface area contributed by atoms with Crippen LogP contribution in [0.2, 0.25) is 0 Å². The molecule has 0 aliphatic heterocycles. The summed E-state index contributed by atoms with van der Waals surface area (Å²) in [6.07, 6.45) is 105. The highest BCUT2D eigenvalue weighted by molar-refractivity contribution is 7.47. The zero-order valence-electron chi connectivity index (χ0n) is 55.9. The summed E-state index contributed by atoms with van der Waals surface area (Å²) in [5.41, 5.74) is 0. The van der Waals surface area contributed by atoms with Crippen molar-refractivity contribution in [1.82, 2.24) is 0 Å². The molecule has 2 atom stereocenters. The molecule has 0 aromatic carbocycles. The minimum Gasteiger partial charge on any atom is -0.462 e. The summed E-state index contributed by atoms with van der Waals surface area (Å²) < 4.78 is 34.6. The van der Waals surface area contributed by atoms with E-state index in [1.807, 2.05) is 21.1 Å². The number of hydrogen-bond acceptors (Lipinski definition) is 7. The maximum Gasteiger partial charge on any atom is 0.472 e. The number of allylic oxidation sites excluding steroid dienone is 34. The summed E-state index contributed by atoms with van der Waals surface area (Å²) in [5.74, 6) is -0.873. The van der Waals surface area contributed by atoms with Gasteiger partial charge < -0.3 is 18.9 Å². The van der Waals surface area contributed by atoms with Crippen molar-refractivity contribution in [2.75, 3.05) is 47.5 Å². The summed E-state index contributed by atoms with van der Waals surface area (Å²) in [5, 5.41) is 0. The fourth-order valence-electron chi connectivity index (χ4n) is 8.20. The van der Waals surface area contributed by atoms with Crippen LogP contribution < -0.4 is 0 Å². The molecule has 0 radical (unpaired) electrons. The lowest BCUT2D eigenvalue weighted by atomic mass is 10.1. The normalized spacial score (nSPS) is 14.5. The molecule has 0 rings (SSSR count). The zero-order chi connectivity index (χ0) is 64.1. The van der Waals surface area contributed by atoms with E-state index in [0.717, 1.165) is 148 Å². The molecule has 0 aliphatic carbocycles. The molecule has 0 amide bonds. The molecule has 10 heteroatoms. The van der Waals surface area contributed by atoms with Crippen molar-refractivity contribution >= 4 is 19.8 Å². The molecule has 0 bridgehead atoms. The van der Waals surface area contributed by atoms with Crippen molar-refractivity contribution in [2.45, 2.75) is 225 Å². The largest absolute Gasteiger partial charge is 0.472 e. The average molecular weight is 1230 g/mol. The van der Waals surface area contributed by atoms with Crippen LogP contribution in [0, 0.1) is 0 Å². The molecule has 0 saturated carbocycles. The fourth-order valence-corrected chi connectivity index (χ4v) is 8.94. The Morgan fingerprint density at radius 2 is 0.614 bits per heavy atom. The predicted molar refractivity (Wildman–Crippen MR) is 380 cm³/mol. The lowest BCUT2D eigenvalue weighted by Crippen LogP contribution is -2.37. The zero-order valence-corrected chi connectivity index (χ0v) is 56.8. The fraction of sp³-hybridized carbons (Fsp3) is 0.538. The van der Waals surface area contributed by atoms with Crippen molar-refractivity contribution < 1.29 is 42.1 Å². The van der Waals surface area contributed by atoms with Crippen LogP contribution in [0.25, 0.3) is 0 Å². The van der Waals surface area contributed by atoms with Crippen LogP contribution in [-0.2, 0) is 32.7 Å². The number of quaternary nitrogens is 1. The number of carbonyl (C=O) groups is 2. The molecule has 1 N–H and O–H groups in total. The molecule has 0 spiro atoms. The first-order valence-electron chi connectivity index (χ1n) is 33.8. The van der Waals surface area contributed by atoms with E-state index in [9.17, 15) is 19.0 Å². The maximum absolute atomic E-state index is 12.9. The smallest absolute Gasteiger partial charge is 0.462 e. The molecule has 0 aromatic rings. The van der Waals surface area contributed by atoms with Gasteiger partial charge in [-0.2, -0.15) is 0 Å². The van der Waals surface area contributed by atoms with Crippen LogP contribution in [-0.4, -0.2) is 74.9 Å². The number of nitrogens with zero attached hydrogens (tertiary/aromatic N) is 1. The average Bonchev–Trinajstić information content (AvgIpc) is 3.68. The lowest BCUT2D eigenvalue weighted by Gasteiger charge is -2.24. The number of carbonyl (C=O) groups excluding carboxylic acids is 2. The Hall–Kier alpha value is -5.41. The maximum atomic E-state index is 12.9. The Bertz CT molecular complexity index is 2240. The predicted octanol–water partition coefficient (Wildman–Crippen LogP) is 22.3. The second-order valence-electron chi connectivity index (χ2n) is 22.7. The number of likely N-dealkylation sites (N-methyl/N-ethyl adjacent to an activating group) is 1. The Balaban J connectivity index is 4.24. The van der Waals surface area contributed by atoms with Gasteiger partial charge in [0, 0.05) is 12.8 Å². The van der Waals surface area contributed by atoms with Crippen LogP contribution in [0.4, 0.5) is 0 Å². The van der Waals surface area contributed by atoms with Gasteiger partial charge in [0.15, 0.2) is 6.10 Å². The molecule has 0 aromatic heterocycles. The molecule has 2 unspecified atom stereocenters. The highest BCUT2D eigenvalue weighted by Gasteiger charge is 2.27. The highest BCUT2D eigenvalue weighted by atomic mass is 31.2. The summed E-state index contributed by atoms with van der Waals surface area (Å²) in [6, 6.07) is 0. The monoisotopic (exact) mass is 1230 g/mol. The van der Waals surface area contributed by atoms with Crippen LogP contribution in [0.5, 0.6) is 0 Å². The van der Waals surface area contributed by atoms with E-state index in [-0.39, 0.29) is 26.1 Å². The van der Waals surface area contributed by atoms with Gasteiger partial charge in [-0.25, -0.2) is 4.57 Å². The quantitative estimate of drug-likeness (QED) is 0.0211. The van der Waals surface area contributed by atoms with Gasteiger partial charge in [-0.1, -0.05) is 265 Å². The summed E-state index contributed by atoms with van der Waals surface area (Å²) in [6.45, 7) is 4.11. The Morgan fingerprint density at radius 3 is 0.932 bits per heavy atom. The first-order chi connectivity index (χ1) is 43.0. The van der Waals surface area contributed by atoms with Crippen LogP contribution in [0.3, 0.4) is 0 Å². The van der Waals surface area contributed by atoms with Gasteiger partial charge in [-0.15, -0.1) is 0 Å². The third-order valence-corrected chi connectivity index (χ3v) is 14.3. The molecule has 9 nitrogen and oxygen atoms in total. The number of ether oxygens (including phenoxy) is 2. The lowest BCUT2D eigenvalue weighted by molar-refractivity contribution is -0.870. The number of phosphoric ester groups is 1. The van der Waals surface area contributed by atoms with Gasteiger partial charge in [0.2, 0.25) is 0 Å². The number of unbranched alkanes of at least 4 members (excludes halogenated alkanes) is 11. The van der Waals surface area contributed by atoms with Gasteiger partial charge in [0.25, 0.3) is 0 Å². The van der Waals surface area contributed by atoms with E-state index >= 15 is 0 Å². The minimum atomic E-state index is -4.42. The SMILES string of the molecule is CC/C=C\C/C=C\C/C=C\C/C=C\C/C=C\C/C=C\C/C=C\C/C=C\C/C=C\CCCCCCCCCCCC(=O)OC(COC(=O)CCCC/C=C\C/C=C\C/C=C\C/C=C\C/C=C\C/C=C\C/C=C\C/C=C\CC)COP(=O)(O)OCC[N+](C)(C)C. The van der Waals surface area contributed by atoms with Crippen molar-refractivity contribution in [2.24, 2.45) is 0 Å². The van der Waals surface area contributed by atoms with Crippen LogP contribution in [0.15, 0.2) is 207 Å². The van der Waals surface area contributed by atoms with Crippen LogP contribution in [0.1, 0.15) is 219 Å². The summed E-state index contributed by atoms with van der Waals surface area (Å²) >= 11 is 0. The molecule has 88 heavy (non-hydrogen) atoms. The topological polar surface area (TPSA) is 108 Å². The third kappa shape index (κ3) is 69.7. The Morgan fingerprint density at radius 1 is 0.352 bits per heavy atom. The van der Waals surface area contributed by atoms with Crippen molar-refractivity contribution in [3.63, 3.8) is 0 Å². The van der Waals surface area contributed by atoms with E-state index in [4.69, 9.17) is 18.5 Å². The summed E-state index contributed by atoms with van der Waals surface area (Å²) in [7, 11) is 1.42. The van der Waals surface area contributed by atoms with Crippen molar-refractivity contribution in [1.29, 1.82) is 0 Å². The van der Waals surface area contributed by atoms with Gasteiger partial charge in [0.1, 0.15) is 19.8 Å². The van der Waals surface area contributed by atoms with E-state index < -0.39 is 32.5 Å². The molecule has 492 valence electrons. The van der Waals surface area contributed by atoms with Crippen molar-refractivity contribution in [3.05, 3.63) is 207 Å². The van der Waals surface area contributed by atoms with Gasteiger partial charge in [-0.3, -0.25) is 18.6 Å². The summed E-state index contributed by atoms with van der Waals surface area (Å²) in [4.78, 5) is 35.8. The first kappa shape index (κ1) is 82.6. The molecular formula is C78H123NO8P+. The second-order valence-corrected chi connectivity index (χ2v) is 24.2. The number of phosphoric acid groups is 1. The van der Waals surface area contributed by atoms with E-state index in [1.165, 1.54) is 32.1 Å². The Kier molecular flexibility index (Phi) is 62.0. The van der Waals surface area contributed by atoms with E-state index in [2.05, 4.69) is 220 Å². The van der Waals surface area contributed by atoms with Gasteiger partial charge in [0.05, 0.1) is 27.7 Å². The van der Waals surface area contributed by atoms with Gasteiger partial charge in [-0.05, 0) is 148 Å². The standard InChI is InChI=1S/C78H122NO8P/c1-6-8-10-12-14-16-18-20-22-24-26-28-30-32-34-35-36-37-38-39-40-41-42-43-45-47-49-51-53-55-57-59-61-63-65-67-69-71-78(81)87-76(75-86-88(82,83)85-73-72-79(3,4)5)74-84-77(80)70-68-66-64-62-60-58-56-54-52-50-48-46-44-33-31-29-27-25-23-21-19-17-15-13-11-9-7-2/h8-11,14-17,20-23,26-29,32-34,36-37,39-40,42-44,47-50,54,56,60,62,76H,6-7,12-13,18-19,24-25,30-31,35,38,41,45-46,51-53,55,57-59,61,63-75H2,1-5H3/p+1/b10-8-,11-9-,16-14-,17-15-,22-20-,23-21-,28-26-,29-27-,34-32-,37-36-,40-39-,43-42-,44-33-,49-47-,50-48-,56-54-,62-60-. The van der Waals surface area contributed by atoms with E-state index in [1.54, 1.807) is 0 Å². The van der Waals surface area contributed by atoms with Gasteiger partial charge >= 0.3 is 19.8 Å². The molecule has 0 saturated heterocycles. The Labute approximate surface area is 538 Å². The minimum absolute atomic E-state index is 0.0110. The number of rotatable bonds is 59. The molecule has 0 fully saturated rings. The molecular weight excluding hydrogens is 1110 g/mol. The van der Waals surface area contributed by atoms with Crippen LogP contribution >= 0.6 is 7.82 Å². The van der Waals surface area contributed by atoms with Crippen molar-refractivity contribution in [3.8, 4) is 0 Å².